The summed E-state index contributed by atoms with van der Waals surface area (Å²) < 4.78 is 0. The predicted octanol–water partition coefficient (Wildman–Crippen LogP) is 3.65. The van der Waals surface area contributed by atoms with Crippen LogP contribution in [-0.2, 0) is 13.0 Å². The van der Waals surface area contributed by atoms with Crippen LogP contribution in [0.3, 0.4) is 0 Å². The molecular weight excluding hydrogens is 282 g/mol. The quantitative estimate of drug-likeness (QED) is 0.885. The highest BCUT2D eigenvalue weighted by Crippen LogP contribution is 2.29. The summed E-state index contributed by atoms with van der Waals surface area (Å²) in [7, 11) is 0. The summed E-state index contributed by atoms with van der Waals surface area (Å²) in [4.78, 5) is 6.38. The van der Waals surface area contributed by atoms with Crippen molar-refractivity contribution in [1.82, 2.24) is 4.98 Å². The lowest BCUT2D eigenvalue weighted by Crippen LogP contribution is -2.25. The number of nitrogens with two attached hydrogens (primary N) is 1. The molecule has 2 N–H and O–H groups in total. The molecule has 0 saturated carbocycles. The van der Waals surface area contributed by atoms with E-state index in [1.165, 1.54) is 11.3 Å². The number of benzene rings is 1. The van der Waals surface area contributed by atoms with Gasteiger partial charge in [-0.3, -0.25) is 4.98 Å². The molecule has 0 aliphatic carbocycles. The van der Waals surface area contributed by atoms with Gasteiger partial charge in [-0.2, -0.15) is 0 Å². The molecule has 112 valence electrons. The molecular formula is C17H22ClN3. The van der Waals surface area contributed by atoms with Gasteiger partial charge in [0.15, 0.2) is 0 Å². The van der Waals surface area contributed by atoms with Crippen LogP contribution < -0.4 is 10.6 Å². The highest BCUT2D eigenvalue weighted by atomic mass is 35.5. The molecule has 0 radical (unpaired) electrons. The van der Waals surface area contributed by atoms with Crippen LogP contribution in [0.2, 0.25) is 5.02 Å². The highest BCUT2D eigenvalue weighted by molar-refractivity contribution is 6.31. The number of rotatable bonds is 6. The van der Waals surface area contributed by atoms with E-state index < -0.39 is 0 Å². The molecule has 0 saturated heterocycles. The van der Waals surface area contributed by atoms with Crippen LogP contribution in [0, 0.1) is 0 Å². The summed E-state index contributed by atoms with van der Waals surface area (Å²) >= 11 is 6.39. The molecule has 1 aromatic carbocycles. The fourth-order valence-corrected chi connectivity index (χ4v) is 2.69. The topological polar surface area (TPSA) is 42.2 Å². The highest BCUT2D eigenvalue weighted by Gasteiger charge is 2.14. The zero-order valence-electron chi connectivity index (χ0n) is 12.6. The molecule has 1 heterocycles. The molecule has 4 heteroatoms. The Kier molecular flexibility index (Phi) is 5.59. The third-order valence-electron chi connectivity index (χ3n) is 3.47. The SMILES string of the molecule is CCN(Cc1ccncc1)c1cccc(Cl)c1CC(C)N. The van der Waals surface area contributed by atoms with Crippen molar-refractivity contribution in [3.05, 3.63) is 58.9 Å². The Morgan fingerprint density at radius 3 is 2.57 bits per heavy atom. The molecule has 0 amide bonds. The molecule has 0 aliphatic rings. The van der Waals surface area contributed by atoms with Crippen LogP contribution in [0.1, 0.15) is 25.0 Å². The van der Waals surface area contributed by atoms with Crippen LogP contribution in [0.4, 0.5) is 5.69 Å². The van der Waals surface area contributed by atoms with Crippen molar-refractivity contribution < 1.29 is 0 Å². The van der Waals surface area contributed by atoms with E-state index in [1.807, 2.05) is 43.6 Å². The third kappa shape index (κ3) is 4.19. The Balaban J connectivity index is 2.31. The Bertz CT molecular complexity index is 570. The van der Waals surface area contributed by atoms with E-state index in [9.17, 15) is 0 Å². The number of halogens is 1. The summed E-state index contributed by atoms with van der Waals surface area (Å²) in [6.07, 6.45) is 4.43. The van der Waals surface area contributed by atoms with Crippen molar-refractivity contribution in [2.75, 3.05) is 11.4 Å². The molecule has 0 spiro atoms. The number of aromatic nitrogens is 1. The minimum absolute atomic E-state index is 0.0864. The van der Waals surface area contributed by atoms with Gasteiger partial charge in [-0.25, -0.2) is 0 Å². The van der Waals surface area contributed by atoms with Gasteiger partial charge in [0.25, 0.3) is 0 Å². The van der Waals surface area contributed by atoms with E-state index in [1.54, 1.807) is 0 Å². The Labute approximate surface area is 131 Å². The van der Waals surface area contributed by atoms with Gasteiger partial charge in [0, 0.05) is 42.2 Å². The van der Waals surface area contributed by atoms with Crippen molar-refractivity contribution in [1.29, 1.82) is 0 Å². The minimum Gasteiger partial charge on any atom is -0.367 e. The van der Waals surface area contributed by atoms with Gasteiger partial charge in [-0.15, -0.1) is 0 Å². The molecule has 0 fully saturated rings. The monoisotopic (exact) mass is 303 g/mol. The summed E-state index contributed by atoms with van der Waals surface area (Å²) in [6.45, 7) is 5.91. The molecule has 1 atom stereocenters. The van der Waals surface area contributed by atoms with Gasteiger partial charge in [-0.05, 0) is 55.7 Å². The smallest absolute Gasteiger partial charge is 0.0459 e. The summed E-state index contributed by atoms with van der Waals surface area (Å²) in [5.74, 6) is 0. The van der Waals surface area contributed by atoms with Crippen molar-refractivity contribution in [2.24, 2.45) is 5.73 Å². The van der Waals surface area contributed by atoms with E-state index in [0.29, 0.717) is 0 Å². The predicted molar refractivity (Wildman–Crippen MR) is 89.8 cm³/mol. The molecule has 0 aliphatic heterocycles. The largest absolute Gasteiger partial charge is 0.367 e. The number of pyridine rings is 1. The van der Waals surface area contributed by atoms with Gasteiger partial charge in [0.2, 0.25) is 0 Å². The van der Waals surface area contributed by atoms with E-state index in [-0.39, 0.29) is 6.04 Å². The van der Waals surface area contributed by atoms with Gasteiger partial charge < -0.3 is 10.6 Å². The molecule has 2 rings (SSSR count). The second kappa shape index (κ2) is 7.43. The van der Waals surface area contributed by atoms with Crippen LogP contribution in [0.25, 0.3) is 0 Å². The Morgan fingerprint density at radius 2 is 1.95 bits per heavy atom. The Morgan fingerprint density at radius 1 is 1.24 bits per heavy atom. The maximum absolute atomic E-state index is 6.39. The zero-order chi connectivity index (χ0) is 15.2. The molecule has 1 aromatic heterocycles. The van der Waals surface area contributed by atoms with E-state index in [2.05, 4.69) is 22.9 Å². The number of nitrogens with zero attached hydrogens (tertiary/aromatic N) is 2. The Hall–Kier alpha value is -1.58. The molecule has 3 nitrogen and oxygen atoms in total. The van der Waals surface area contributed by atoms with Gasteiger partial charge in [0.05, 0.1) is 0 Å². The van der Waals surface area contributed by atoms with Gasteiger partial charge >= 0.3 is 0 Å². The van der Waals surface area contributed by atoms with Crippen molar-refractivity contribution >= 4 is 17.3 Å². The lowest BCUT2D eigenvalue weighted by molar-refractivity contribution is 0.729. The average molecular weight is 304 g/mol. The lowest BCUT2D eigenvalue weighted by atomic mass is 10.0. The van der Waals surface area contributed by atoms with Gasteiger partial charge in [0.1, 0.15) is 0 Å². The van der Waals surface area contributed by atoms with E-state index in [0.717, 1.165) is 30.1 Å². The molecule has 1 unspecified atom stereocenters. The summed E-state index contributed by atoms with van der Waals surface area (Å²) in [5, 5.41) is 0.790. The van der Waals surface area contributed by atoms with Crippen LogP contribution >= 0.6 is 11.6 Å². The standard InChI is InChI=1S/C17H22ClN3/c1-3-21(12-14-7-9-20-10-8-14)17-6-4-5-16(18)15(17)11-13(2)19/h4-10,13H,3,11-12,19H2,1-2H3. The molecule has 2 aromatic rings. The number of anilines is 1. The number of hydrogen-bond acceptors (Lipinski definition) is 3. The second-order valence-corrected chi connectivity index (χ2v) is 5.70. The second-order valence-electron chi connectivity index (χ2n) is 5.29. The zero-order valence-corrected chi connectivity index (χ0v) is 13.3. The van der Waals surface area contributed by atoms with Crippen LogP contribution in [-0.4, -0.2) is 17.6 Å². The fourth-order valence-electron chi connectivity index (χ4n) is 2.44. The lowest BCUT2D eigenvalue weighted by Gasteiger charge is -2.27. The first kappa shape index (κ1) is 15.8. The van der Waals surface area contributed by atoms with Crippen molar-refractivity contribution in [2.45, 2.75) is 32.9 Å². The normalized spacial score (nSPS) is 12.2. The molecule has 0 bridgehead atoms. The summed E-state index contributed by atoms with van der Waals surface area (Å²) in [6, 6.07) is 10.2. The van der Waals surface area contributed by atoms with Crippen LogP contribution in [0.15, 0.2) is 42.7 Å². The third-order valence-corrected chi connectivity index (χ3v) is 3.82. The maximum Gasteiger partial charge on any atom is 0.0459 e. The first-order valence-electron chi connectivity index (χ1n) is 7.28. The van der Waals surface area contributed by atoms with Crippen molar-refractivity contribution in [3.63, 3.8) is 0 Å². The minimum atomic E-state index is 0.0864. The van der Waals surface area contributed by atoms with E-state index in [4.69, 9.17) is 17.3 Å². The van der Waals surface area contributed by atoms with Gasteiger partial charge in [-0.1, -0.05) is 17.7 Å². The average Bonchev–Trinajstić information content (AvgIpc) is 2.48. The van der Waals surface area contributed by atoms with Crippen molar-refractivity contribution in [3.8, 4) is 0 Å². The fraction of sp³-hybridized carbons (Fsp3) is 0.353. The van der Waals surface area contributed by atoms with Crippen LogP contribution in [0.5, 0.6) is 0 Å². The van der Waals surface area contributed by atoms with E-state index >= 15 is 0 Å². The maximum atomic E-state index is 6.39. The molecule has 21 heavy (non-hydrogen) atoms. The first-order chi connectivity index (χ1) is 10.1. The number of hydrogen-bond donors (Lipinski definition) is 1. The summed E-state index contributed by atoms with van der Waals surface area (Å²) in [5.41, 5.74) is 9.50. The first-order valence-corrected chi connectivity index (χ1v) is 7.66.